The summed E-state index contributed by atoms with van der Waals surface area (Å²) in [6.45, 7) is 3.71. The molecule has 0 radical (unpaired) electrons. The second kappa shape index (κ2) is 12.8. The molecule has 0 bridgehead atoms. The van der Waals surface area contributed by atoms with E-state index in [0.29, 0.717) is 15.8 Å². The first-order valence-electron chi connectivity index (χ1n) is 11.9. The topological polar surface area (TPSA) is 100 Å². The van der Waals surface area contributed by atoms with E-state index in [1.807, 2.05) is 25.7 Å². The number of likely N-dealkylation sites (N-methyl/N-ethyl adjacent to an activating group) is 1. The summed E-state index contributed by atoms with van der Waals surface area (Å²) in [6, 6.07) is 6.61. The number of ether oxygens (including phenoxy) is 2. The van der Waals surface area contributed by atoms with Crippen molar-refractivity contribution in [2.24, 2.45) is 5.41 Å². The highest BCUT2D eigenvalue weighted by Gasteiger charge is 2.29. The van der Waals surface area contributed by atoms with Crippen molar-refractivity contribution in [2.75, 3.05) is 50.1 Å². The summed E-state index contributed by atoms with van der Waals surface area (Å²) in [4.78, 5) is 41.7. The molecular formula is C25H31ClF2N4O5S. The Kier molecular flexibility index (Phi) is 10.0. The summed E-state index contributed by atoms with van der Waals surface area (Å²) in [6.07, 6.45) is 0. The third kappa shape index (κ3) is 8.35. The van der Waals surface area contributed by atoms with Crippen molar-refractivity contribution in [2.45, 2.75) is 33.4 Å². The number of morpholine rings is 1. The first-order chi connectivity index (χ1) is 17.8. The summed E-state index contributed by atoms with van der Waals surface area (Å²) in [5.41, 5.74) is 0.198. The van der Waals surface area contributed by atoms with E-state index < -0.39 is 24.5 Å². The Bertz CT molecular complexity index is 1160. The summed E-state index contributed by atoms with van der Waals surface area (Å²) in [5.74, 6) is -1.47. The third-order valence-electron chi connectivity index (χ3n) is 5.53. The lowest BCUT2D eigenvalue weighted by molar-refractivity contribution is -0.126. The molecule has 3 amide bonds. The van der Waals surface area contributed by atoms with Gasteiger partial charge in [-0.25, -0.2) is 0 Å². The zero-order valence-corrected chi connectivity index (χ0v) is 23.1. The Balaban J connectivity index is 1.81. The number of amides is 3. The molecule has 1 aromatic heterocycles. The minimum Gasteiger partial charge on any atom is -0.433 e. The fraction of sp³-hybridized carbons (Fsp3) is 0.480. The quantitative estimate of drug-likeness (QED) is 0.445. The van der Waals surface area contributed by atoms with Crippen molar-refractivity contribution in [1.29, 1.82) is 0 Å². The van der Waals surface area contributed by atoms with Gasteiger partial charge in [0.2, 0.25) is 5.91 Å². The smallest absolute Gasteiger partial charge is 0.387 e. The molecule has 2 aromatic rings. The first kappa shape index (κ1) is 29.8. The van der Waals surface area contributed by atoms with Crippen LogP contribution in [0.2, 0.25) is 4.34 Å². The Morgan fingerprint density at radius 1 is 1.26 bits per heavy atom. The molecule has 208 valence electrons. The number of halogens is 3. The number of carbonyl (C=O) groups is 3. The molecule has 2 N–H and O–H groups in total. The maximum atomic E-state index is 13.4. The van der Waals surface area contributed by atoms with Gasteiger partial charge in [0.15, 0.2) is 5.75 Å². The number of nitrogens with zero attached hydrogens (tertiary/aromatic N) is 2. The van der Waals surface area contributed by atoms with Gasteiger partial charge < -0.3 is 25.0 Å². The number of thiophene rings is 1. The molecule has 1 saturated heterocycles. The fourth-order valence-electron chi connectivity index (χ4n) is 4.02. The Morgan fingerprint density at radius 3 is 2.61 bits per heavy atom. The predicted octanol–water partition coefficient (Wildman–Crippen LogP) is 4.08. The van der Waals surface area contributed by atoms with Crippen LogP contribution < -0.4 is 20.3 Å². The molecule has 0 saturated carbocycles. The van der Waals surface area contributed by atoms with E-state index in [-0.39, 0.29) is 54.7 Å². The second-order valence-electron chi connectivity index (χ2n) is 9.95. The zero-order chi connectivity index (χ0) is 28.0. The van der Waals surface area contributed by atoms with Crippen molar-refractivity contribution >= 4 is 52.0 Å². The van der Waals surface area contributed by atoms with Crippen molar-refractivity contribution in [3.8, 4) is 5.75 Å². The largest absolute Gasteiger partial charge is 0.433 e. The van der Waals surface area contributed by atoms with Gasteiger partial charge in [-0.05, 0) is 36.7 Å². The molecule has 1 aliphatic rings. The van der Waals surface area contributed by atoms with Crippen molar-refractivity contribution in [3.63, 3.8) is 0 Å². The van der Waals surface area contributed by atoms with E-state index in [1.165, 1.54) is 23.1 Å². The number of anilines is 2. The second-order valence-corrected chi connectivity index (χ2v) is 11.7. The van der Waals surface area contributed by atoms with Gasteiger partial charge in [0.25, 0.3) is 11.8 Å². The van der Waals surface area contributed by atoms with Gasteiger partial charge >= 0.3 is 6.61 Å². The molecule has 0 spiro atoms. The molecule has 0 unspecified atom stereocenters. The van der Waals surface area contributed by atoms with Crippen LogP contribution in [0.25, 0.3) is 0 Å². The van der Waals surface area contributed by atoms with Crippen LogP contribution in [0.5, 0.6) is 5.75 Å². The molecule has 2 heterocycles. The van der Waals surface area contributed by atoms with E-state index in [9.17, 15) is 23.2 Å². The average molecular weight is 573 g/mol. The number of hydrogen-bond donors (Lipinski definition) is 2. The number of alkyl halides is 2. The normalized spacial score (nSPS) is 15.1. The highest BCUT2D eigenvalue weighted by molar-refractivity contribution is 7.18. The highest BCUT2D eigenvalue weighted by Crippen LogP contribution is 2.34. The number of hydrogen-bond acceptors (Lipinski definition) is 7. The Labute approximate surface area is 229 Å². The van der Waals surface area contributed by atoms with E-state index in [0.717, 1.165) is 11.3 Å². The first-order valence-corrected chi connectivity index (χ1v) is 13.0. The maximum Gasteiger partial charge on any atom is 0.387 e. The van der Waals surface area contributed by atoms with Crippen molar-refractivity contribution in [1.82, 2.24) is 10.2 Å². The molecule has 9 nitrogen and oxygen atoms in total. The van der Waals surface area contributed by atoms with E-state index in [2.05, 4.69) is 15.4 Å². The fourth-order valence-corrected chi connectivity index (χ4v) is 4.98. The van der Waals surface area contributed by atoms with Crippen molar-refractivity contribution in [3.05, 3.63) is 39.5 Å². The number of carbonyl (C=O) groups excluding carboxylic acids is 3. The minimum absolute atomic E-state index is 0.00643. The van der Waals surface area contributed by atoms with Crippen LogP contribution in [0, 0.1) is 5.41 Å². The number of benzene rings is 1. The van der Waals surface area contributed by atoms with Crippen LogP contribution >= 0.6 is 22.9 Å². The predicted molar refractivity (Wildman–Crippen MR) is 142 cm³/mol. The van der Waals surface area contributed by atoms with Crippen LogP contribution in [0.3, 0.4) is 0 Å². The SMILES string of the molecule is CN(CC(C)(C)C)[C@H](CNC(=O)c1ccc(Cl)s1)C(=O)Nc1ccc(N2CCOCC2=O)c(OC(F)F)c1. The summed E-state index contributed by atoms with van der Waals surface area (Å²) < 4.78 is 36.6. The van der Waals surface area contributed by atoms with Gasteiger partial charge in [-0.3, -0.25) is 19.3 Å². The minimum atomic E-state index is -3.14. The lowest BCUT2D eigenvalue weighted by atomic mass is 9.95. The molecule has 3 rings (SSSR count). The van der Waals surface area contributed by atoms with Crippen LogP contribution in [-0.2, 0) is 14.3 Å². The van der Waals surface area contributed by atoms with Gasteiger partial charge in [0.05, 0.1) is 21.5 Å². The van der Waals surface area contributed by atoms with Gasteiger partial charge in [0, 0.05) is 31.4 Å². The number of nitrogens with one attached hydrogen (secondary N) is 2. The monoisotopic (exact) mass is 572 g/mol. The standard InChI is InChI=1S/C25H31ClF2N4O5S/c1-25(2,3)14-31(4)17(12-29-23(35)19-7-8-20(26)38-19)22(34)30-15-5-6-16(18(11-15)37-24(27)28)32-9-10-36-13-21(32)33/h5-8,11,17,24H,9-10,12-14H2,1-4H3,(H,29,35)(H,30,34)/t17-/m1/s1. The number of rotatable bonds is 10. The lowest BCUT2D eigenvalue weighted by Crippen LogP contribution is -2.51. The van der Waals surface area contributed by atoms with Gasteiger partial charge in [-0.1, -0.05) is 32.4 Å². The highest BCUT2D eigenvalue weighted by atomic mass is 35.5. The third-order valence-corrected chi connectivity index (χ3v) is 6.76. The van der Waals surface area contributed by atoms with Gasteiger partial charge in [-0.2, -0.15) is 8.78 Å². The van der Waals surface area contributed by atoms with Crippen LogP contribution in [-0.4, -0.2) is 75.2 Å². The summed E-state index contributed by atoms with van der Waals surface area (Å²) in [5, 5.41) is 5.50. The van der Waals surface area contributed by atoms with E-state index >= 15 is 0 Å². The molecular weight excluding hydrogens is 542 g/mol. The molecule has 1 aliphatic heterocycles. The Morgan fingerprint density at radius 2 is 2.00 bits per heavy atom. The molecule has 38 heavy (non-hydrogen) atoms. The maximum absolute atomic E-state index is 13.4. The van der Waals surface area contributed by atoms with E-state index in [1.54, 1.807) is 19.2 Å². The van der Waals surface area contributed by atoms with Gasteiger partial charge in [0.1, 0.15) is 12.6 Å². The molecule has 13 heteroatoms. The van der Waals surface area contributed by atoms with Crippen LogP contribution in [0.4, 0.5) is 20.2 Å². The van der Waals surface area contributed by atoms with Crippen LogP contribution in [0.15, 0.2) is 30.3 Å². The van der Waals surface area contributed by atoms with Gasteiger partial charge in [-0.15, -0.1) is 11.3 Å². The van der Waals surface area contributed by atoms with Crippen LogP contribution in [0.1, 0.15) is 30.4 Å². The molecule has 0 aliphatic carbocycles. The summed E-state index contributed by atoms with van der Waals surface area (Å²) in [7, 11) is 1.77. The summed E-state index contributed by atoms with van der Waals surface area (Å²) >= 11 is 7.05. The molecule has 1 aromatic carbocycles. The lowest BCUT2D eigenvalue weighted by Gasteiger charge is -2.32. The molecule has 1 atom stereocenters. The van der Waals surface area contributed by atoms with Crippen molar-refractivity contribution < 1.29 is 32.6 Å². The zero-order valence-electron chi connectivity index (χ0n) is 21.6. The average Bonchev–Trinajstić information content (AvgIpc) is 3.25. The van der Waals surface area contributed by atoms with E-state index in [4.69, 9.17) is 16.3 Å². The Hall–Kier alpha value is -2.80. The molecule has 1 fully saturated rings.